The Morgan fingerprint density at radius 3 is 2.48 bits per heavy atom. The molecule has 0 unspecified atom stereocenters. The van der Waals surface area contributed by atoms with Crippen molar-refractivity contribution in [3.8, 4) is 11.1 Å². The van der Waals surface area contributed by atoms with Crippen LogP contribution in [0.25, 0.3) is 11.1 Å². The maximum Gasteiger partial charge on any atom is 0.336 e. The fourth-order valence-electron chi connectivity index (χ4n) is 2.27. The zero-order chi connectivity index (χ0) is 14.7. The number of aromatic nitrogens is 2. The molecule has 0 aliphatic rings. The zero-order valence-electron chi connectivity index (χ0n) is 11.3. The van der Waals surface area contributed by atoms with Crippen molar-refractivity contribution in [2.24, 2.45) is 0 Å². The van der Waals surface area contributed by atoms with Crippen LogP contribution in [0.4, 0.5) is 0 Å². The molecular weight excluding hydrogens is 264 g/mol. The fraction of sp³-hybridized carbons (Fsp3) is 0.0588. The average Bonchev–Trinajstić information content (AvgIpc) is 2.97. The monoisotopic (exact) mass is 278 g/mol. The lowest BCUT2D eigenvalue weighted by Crippen LogP contribution is -2.07. The van der Waals surface area contributed by atoms with Gasteiger partial charge in [0.25, 0.3) is 0 Å². The van der Waals surface area contributed by atoms with Gasteiger partial charge in [-0.1, -0.05) is 48.5 Å². The van der Waals surface area contributed by atoms with Crippen LogP contribution in [0.1, 0.15) is 15.9 Å². The first kappa shape index (κ1) is 13.1. The molecule has 21 heavy (non-hydrogen) atoms. The molecule has 1 heterocycles. The molecule has 4 heteroatoms. The van der Waals surface area contributed by atoms with E-state index in [-0.39, 0.29) is 0 Å². The second-order valence-electron chi connectivity index (χ2n) is 4.75. The first-order valence-corrected chi connectivity index (χ1v) is 6.63. The summed E-state index contributed by atoms with van der Waals surface area (Å²) in [5, 5.41) is 13.5. The van der Waals surface area contributed by atoms with E-state index in [9.17, 15) is 9.90 Å². The molecule has 104 valence electrons. The maximum atomic E-state index is 11.2. The van der Waals surface area contributed by atoms with Crippen LogP contribution in [0.15, 0.2) is 67.0 Å². The number of aromatic carboxylic acids is 1. The van der Waals surface area contributed by atoms with Crippen LogP contribution >= 0.6 is 0 Å². The predicted octanol–water partition coefficient (Wildman–Crippen LogP) is 3.30. The lowest BCUT2D eigenvalue weighted by Gasteiger charge is -2.05. The lowest BCUT2D eigenvalue weighted by molar-refractivity contribution is 0.0695. The van der Waals surface area contributed by atoms with Gasteiger partial charge >= 0.3 is 5.97 Å². The second kappa shape index (κ2) is 5.63. The Hall–Kier alpha value is -2.88. The van der Waals surface area contributed by atoms with E-state index in [0.717, 1.165) is 16.7 Å². The molecule has 0 spiro atoms. The summed E-state index contributed by atoms with van der Waals surface area (Å²) in [6.45, 7) is 0.440. The summed E-state index contributed by atoms with van der Waals surface area (Å²) in [5.74, 6) is -0.916. The topological polar surface area (TPSA) is 55.1 Å². The van der Waals surface area contributed by atoms with Crippen LogP contribution in [-0.2, 0) is 6.54 Å². The largest absolute Gasteiger partial charge is 0.478 e. The number of carbonyl (C=O) groups is 1. The molecule has 0 radical (unpaired) electrons. The number of hydrogen-bond acceptors (Lipinski definition) is 2. The van der Waals surface area contributed by atoms with Crippen molar-refractivity contribution in [1.82, 2.24) is 9.78 Å². The minimum atomic E-state index is -0.916. The van der Waals surface area contributed by atoms with Crippen molar-refractivity contribution in [3.05, 3.63) is 78.1 Å². The van der Waals surface area contributed by atoms with Crippen molar-refractivity contribution in [3.63, 3.8) is 0 Å². The molecule has 0 aliphatic carbocycles. The molecule has 0 aliphatic heterocycles. The van der Waals surface area contributed by atoms with Gasteiger partial charge in [-0.25, -0.2) is 4.79 Å². The van der Waals surface area contributed by atoms with Gasteiger partial charge in [0.2, 0.25) is 0 Å². The summed E-state index contributed by atoms with van der Waals surface area (Å²) in [6, 6.07) is 17.0. The molecule has 1 N–H and O–H groups in total. The zero-order valence-corrected chi connectivity index (χ0v) is 11.3. The third-order valence-electron chi connectivity index (χ3n) is 3.32. The molecule has 1 aromatic heterocycles. The number of rotatable bonds is 4. The summed E-state index contributed by atoms with van der Waals surface area (Å²) < 4.78 is 1.75. The molecule has 0 saturated heterocycles. The molecule has 0 amide bonds. The standard InChI is InChI=1S/C17H14N2O2/c20-17(21)16-9-5-4-8-14(16)11-19-12-15(10-18-19)13-6-2-1-3-7-13/h1-10,12H,11H2,(H,20,21). The SMILES string of the molecule is O=C(O)c1ccccc1Cn1cc(-c2ccccc2)cn1. The molecule has 3 rings (SSSR count). The molecule has 2 aromatic carbocycles. The highest BCUT2D eigenvalue weighted by molar-refractivity contribution is 5.89. The van der Waals surface area contributed by atoms with Gasteiger partial charge in [-0.05, 0) is 17.2 Å². The first-order valence-electron chi connectivity index (χ1n) is 6.63. The van der Waals surface area contributed by atoms with Crippen molar-refractivity contribution in [2.45, 2.75) is 6.54 Å². The van der Waals surface area contributed by atoms with E-state index in [2.05, 4.69) is 5.10 Å². The Labute approximate surface area is 122 Å². The number of benzene rings is 2. The summed E-state index contributed by atoms with van der Waals surface area (Å²) in [5.41, 5.74) is 3.17. The predicted molar refractivity (Wildman–Crippen MR) is 80.2 cm³/mol. The van der Waals surface area contributed by atoms with E-state index in [4.69, 9.17) is 0 Å². The third-order valence-corrected chi connectivity index (χ3v) is 3.32. The smallest absolute Gasteiger partial charge is 0.336 e. The number of carboxylic acids is 1. The van der Waals surface area contributed by atoms with Crippen molar-refractivity contribution in [2.75, 3.05) is 0 Å². The highest BCUT2D eigenvalue weighted by Crippen LogP contribution is 2.18. The Balaban J connectivity index is 1.87. The lowest BCUT2D eigenvalue weighted by atomic mass is 10.1. The van der Waals surface area contributed by atoms with Crippen LogP contribution in [-0.4, -0.2) is 20.9 Å². The summed E-state index contributed by atoms with van der Waals surface area (Å²) in [4.78, 5) is 11.2. The van der Waals surface area contributed by atoms with Crippen LogP contribution in [0.5, 0.6) is 0 Å². The van der Waals surface area contributed by atoms with Gasteiger partial charge in [0, 0.05) is 11.8 Å². The Bertz CT molecular complexity index is 763. The normalized spacial score (nSPS) is 10.5. The van der Waals surface area contributed by atoms with Gasteiger partial charge in [-0.15, -0.1) is 0 Å². The average molecular weight is 278 g/mol. The van der Waals surface area contributed by atoms with Crippen LogP contribution in [0.2, 0.25) is 0 Å². The minimum Gasteiger partial charge on any atom is -0.478 e. The van der Waals surface area contributed by atoms with Crippen molar-refractivity contribution >= 4 is 5.97 Å². The van der Waals surface area contributed by atoms with E-state index in [0.29, 0.717) is 12.1 Å². The van der Waals surface area contributed by atoms with Gasteiger partial charge in [0.1, 0.15) is 0 Å². The fourth-order valence-corrected chi connectivity index (χ4v) is 2.27. The Kier molecular flexibility index (Phi) is 3.51. The van der Waals surface area contributed by atoms with Crippen LogP contribution < -0.4 is 0 Å². The number of hydrogen-bond donors (Lipinski definition) is 1. The van der Waals surface area contributed by atoms with E-state index in [1.54, 1.807) is 23.0 Å². The minimum absolute atomic E-state index is 0.314. The van der Waals surface area contributed by atoms with E-state index >= 15 is 0 Å². The first-order chi connectivity index (χ1) is 10.2. The van der Waals surface area contributed by atoms with Gasteiger partial charge < -0.3 is 5.11 Å². The second-order valence-corrected chi connectivity index (χ2v) is 4.75. The van der Waals surface area contributed by atoms with Crippen molar-refractivity contribution in [1.29, 1.82) is 0 Å². The van der Waals surface area contributed by atoms with Crippen LogP contribution in [0.3, 0.4) is 0 Å². The summed E-state index contributed by atoms with van der Waals surface area (Å²) in [7, 11) is 0. The van der Waals surface area contributed by atoms with Crippen LogP contribution in [0, 0.1) is 0 Å². The Morgan fingerprint density at radius 2 is 1.71 bits per heavy atom. The summed E-state index contributed by atoms with van der Waals surface area (Å²) >= 11 is 0. The van der Waals surface area contributed by atoms with E-state index in [1.165, 1.54) is 0 Å². The number of nitrogens with zero attached hydrogens (tertiary/aromatic N) is 2. The highest BCUT2D eigenvalue weighted by Gasteiger charge is 2.10. The summed E-state index contributed by atoms with van der Waals surface area (Å²) in [6.07, 6.45) is 3.71. The maximum absolute atomic E-state index is 11.2. The molecule has 0 atom stereocenters. The van der Waals surface area contributed by atoms with Gasteiger partial charge in [-0.2, -0.15) is 5.10 Å². The molecule has 3 aromatic rings. The Morgan fingerprint density at radius 1 is 1.00 bits per heavy atom. The van der Waals surface area contributed by atoms with E-state index in [1.807, 2.05) is 48.7 Å². The molecule has 0 saturated carbocycles. The molecule has 4 nitrogen and oxygen atoms in total. The molecule has 0 fully saturated rings. The molecular formula is C17H14N2O2. The highest BCUT2D eigenvalue weighted by atomic mass is 16.4. The third kappa shape index (κ3) is 2.84. The molecule has 0 bridgehead atoms. The number of carboxylic acid groups (broad SMARTS) is 1. The van der Waals surface area contributed by atoms with Gasteiger partial charge in [0.05, 0.1) is 18.3 Å². The quantitative estimate of drug-likeness (QED) is 0.796. The van der Waals surface area contributed by atoms with E-state index < -0.39 is 5.97 Å². The van der Waals surface area contributed by atoms with Crippen molar-refractivity contribution < 1.29 is 9.90 Å². The van der Waals surface area contributed by atoms with Gasteiger partial charge in [-0.3, -0.25) is 4.68 Å². The van der Waals surface area contributed by atoms with Gasteiger partial charge in [0.15, 0.2) is 0 Å².